The summed E-state index contributed by atoms with van der Waals surface area (Å²) in [4.78, 5) is 11.5. The molecule has 0 saturated heterocycles. The molecule has 1 nitrogen and oxygen atoms in total. The van der Waals surface area contributed by atoms with Gasteiger partial charge in [0.2, 0.25) is 0 Å². The van der Waals surface area contributed by atoms with E-state index in [1.54, 1.807) is 0 Å². The first kappa shape index (κ1) is 10.9. The molecular formula is C12H15FO. The number of carbonyl (C=O) groups is 1. The first-order chi connectivity index (χ1) is 6.59. The molecule has 0 aromatic heterocycles. The Balaban J connectivity index is 2.57. The third-order valence-electron chi connectivity index (χ3n) is 2.11. The zero-order valence-corrected chi connectivity index (χ0v) is 8.59. The Morgan fingerprint density at radius 3 is 2.36 bits per heavy atom. The van der Waals surface area contributed by atoms with Gasteiger partial charge in [-0.2, -0.15) is 0 Å². The molecule has 0 saturated carbocycles. The topological polar surface area (TPSA) is 17.1 Å². The second-order valence-electron chi connectivity index (χ2n) is 3.86. The third-order valence-corrected chi connectivity index (χ3v) is 2.11. The van der Waals surface area contributed by atoms with Gasteiger partial charge in [0.1, 0.15) is 5.82 Å². The first-order valence-corrected chi connectivity index (χ1v) is 4.88. The predicted octanol–water partition coefficient (Wildman–Crippen LogP) is 3.44. The summed E-state index contributed by atoms with van der Waals surface area (Å²) in [6.07, 6.45) is 1.43. The summed E-state index contributed by atoms with van der Waals surface area (Å²) in [5.41, 5.74) is 0.604. The zero-order valence-electron chi connectivity index (χ0n) is 8.59. The Labute approximate surface area is 83.9 Å². The second kappa shape index (κ2) is 4.89. The number of hydrogen-bond acceptors (Lipinski definition) is 1. The molecule has 0 heterocycles. The Morgan fingerprint density at radius 2 is 1.86 bits per heavy atom. The molecule has 2 heteroatoms. The van der Waals surface area contributed by atoms with E-state index in [4.69, 9.17) is 0 Å². The molecule has 76 valence electrons. The highest BCUT2D eigenvalue weighted by molar-refractivity contribution is 5.95. The van der Waals surface area contributed by atoms with Crippen LogP contribution in [0.5, 0.6) is 0 Å². The fraction of sp³-hybridized carbons (Fsp3) is 0.417. The van der Waals surface area contributed by atoms with E-state index in [1.165, 1.54) is 24.3 Å². The molecular weight excluding hydrogens is 179 g/mol. The fourth-order valence-electron chi connectivity index (χ4n) is 1.20. The Morgan fingerprint density at radius 1 is 1.29 bits per heavy atom. The van der Waals surface area contributed by atoms with Gasteiger partial charge in [-0.1, -0.05) is 13.8 Å². The number of benzene rings is 1. The van der Waals surface area contributed by atoms with Gasteiger partial charge in [0.25, 0.3) is 0 Å². The van der Waals surface area contributed by atoms with Gasteiger partial charge in [-0.3, -0.25) is 4.79 Å². The lowest BCUT2D eigenvalue weighted by Crippen LogP contribution is -2.01. The van der Waals surface area contributed by atoms with Crippen molar-refractivity contribution >= 4 is 5.78 Å². The van der Waals surface area contributed by atoms with Crippen LogP contribution in [0.15, 0.2) is 24.3 Å². The molecule has 0 atom stereocenters. The van der Waals surface area contributed by atoms with Crippen molar-refractivity contribution < 1.29 is 9.18 Å². The van der Waals surface area contributed by atoms with Crippen LogP contribution in [-0.4, -0.2) is 5.78 Å². The minimum Gasteiger partial charge on any atom is -0.294 e. The van der Waals surface area contributed by atoms with E-state index < -0.39 is 0 Å². The SMILES string of the molecule is CC(C)CCC(=O)c1ccc(F)cc1. The van der Waals surface area contributed by atoms with E-state index in [1.807, 2.05) is 0 Å². The highest BCUT2D eigenvalue weighted by atomic mass is 19.1. The van der Waals surface area contributed by atoms with Gasteiger partial charge in [0, 0.05) is 12.0 Å². The maximum atomic E-state index is 12.6. The highest BCUT2D eigenvalue weighted by Gasteiger charge is 2.06. The van der Waals surface area contributed by atoms with Crippen molar-refractivity contribution in [3.05, 3.63) is 35.6 Å². The van der Waals surface area contributed by atoms with Gasteiger partial charge < -0.3 is 0 Å². The van der Waals surface area contributed by atoms with Crippen molar-refractivity contribution in [1.82, 2.24) is 0 Å². The number of ketones is 1. The van der Waals surface area contributed by atoms with Crippen molar-refractivity contribution in [3.63, 3.8) is 0 Å². The van der Waals surface area contributed by atoms with Crippen molar-refractivity contribution in [2.24, 2.45) is 5.92 Å². The smallest absolute Gasteiger partial charge is 0.162 e. The second-order valence-corrected chi connectivity index (χ2v) is 3.86. The van der Waals surface area contributed by atoms with Gasteiger partial charge >= 0.3 is 0 Å². The predicted molar refractivity (Wildman–Crippen MR) is 54.8 cm³/mol. The summed E-state index contributed by atoms with van der Waals surface area (Å²) in [6.45, 7) is 4.16. The van der Waals surface area contributed by atoms with Gasteiger partial charge in [-0.05, 0) is 36.6 Å². The zero-order chi connectivity index (χ0) is 10.6. The molecule has 0 aliphatic heterocycles. The molecule has 0 amide bonds. The van der Waals surface area contributed by atoms with Crippen LogP contribution in [0.25, 0.3) is 0 Å². The molecule has 0 radical (unpaired) electrons. The number of hydrogen-bond donors (Lipinski definition) is 0. The number of halogens is 1. The Kier molecular flexibility index (Phi) is 3.81. The van der Waals surface area contributed by atoms with E-state index in [9.17, 15) is 9.18 Å². The minimum atomic E-state index is -0.301. The molecule has 0 unspecified atom stereocenters. The molecule has 1 aromatic carbocycles. The number of Topliss-reactive ketones (excluding diaryl/α,β-unsaturated/α-hetero) is 1. The third kappa shape index (κ3) is 3.29. The number of rotatable bonds is 4. The van der Waals surface area contributed by atoms with Gasteiger partial charge in [-0.15, -0.1) is 0 Å². The standard InChI is InChI=1S/C12H15FO/c1-9(2)3-8-12(14)10-4-6-11(13)7-5-10/h4-7,9H,3,8H2,1-2H3. The van der Waals surface area contributed by atoms with Crippen LogP contribution in [0.4, 0.5) is 4.39 Å². The van der Waals surface area contributed by atoms with Crippen LogP contribution in [0, 0.1) is 11.7 Å². The molecule has 0 aliphatic carbocycles. The minimum absolute atomic E-state index is 0.0960. The highest BCUT2D eigenvalue weighted by Crippen LogP contribution is 2.10. The van der Waals surface area contributed by atoms with Gasteiger partial charge in [-0.25, -0.2) is 4.39 Å². The van der Waals surface area contributed by atoms with Crippen LogP contribution in [-0.2, 0) is 0 Å². The fourth-order valence-corrected chi connectivity index (χ4v) is 1.20. The van der Waals surface area contributed by atoms with E-state index in [-0.39, 0.29) is 11.6 Å². The van der Waals surface area contributed by atoms with Crippen molar-refractivity contribution in [3.8, 4) is 0 Å². The molecule has 1 aromatic rings. The molecule has 1 rings (SSSR count). The maximum Gasteiger partial charge on any atom is 0.162 e. The van der Waals surface area contributed by atoms with Crippen molar-refractivity contribution in [2.75, 3.05) is 0 Å². The summed E-state index contributed by atoms with van der Waals surface area (Å²) in [6, 6.07) is 5.72. The van der Waals surface area contributed by atoms with Crippen molar-refractivity contribution in [1.29, 1.82) is 0 Å². The van der Waals surface area contributed by atoms with E-state index in [0.717, 1.165) is 6.42 Å². The molecule has 0 N–H and O–H groups in total. The largest absolute Gasteiger partial charge is 0.294 e. The maximum absolute atomic E-state index is 12.6. The lowest BCUT2D eigenvalue weighted by Gasteiger charge is -2.03. The summed E-state index contributed by atoms with van der Waals surface area (Å²) >= 11 is 0. The van der Waals surface area contributed by atoms with Crippen LogP contribution in [0.3, 0.4) is 0 Å². The summed E-state index contributed by atoms with van der Waals surface area (Å²) in [5, 5.41) is 0. The van der Waals surface area contributed by atoms with E-state index in [2.05, 4.69) is 13.8 Å². The van der Waals surface area contributed by atoms with Gasteiger partial charge in [0.15, 0.2) is 5.78 Å². The average molecular weight is 194 g/mol. The van der Waals surface area contributed by atoms with Crippen LogP contribution >= 0.6 is 0 Å². The quantitative estimate of drug-likeness (QED) is 0.671. The average Bonchev–Trinajstić information content (AvgIpc) is 2.15. The molecule has 0 bridgehead atoms. The monoisotopic (exact) mass is 194 g/mol. The van der Waals surface area contributed by atoms with Crippen LogP contribution in [0.1, 0.15) is 37.0 Å². The summed E-state index contributed by atoms with van der Waals surface area (Å²) in [7, 11) is 0. The normalized spacial score (nSPS) is 10.6. The molecule has 14 heavy (non-hydrogen) atoms. The first-order valence-electron chi connectivity index (χ1n) is 4.88. The summed E-state index contributed by atoms with van der Waals surface area (Å²) in [5.74, 6) is 0.323. The molecule has 0 fully saturated rings. The Hall–Kier alpha value is -1.18. The van der Waals surface area contributed by atoms with Crippen LogP contribution in [0.2, 0.25) is 0 Å². The van der Waals surface area contributed by atoms with Crippen LogP contribution < -0.4 is 0 Å². The Bertz CT molecular complexity index is 301. The van der Waals surface area contributed by atoms with Crippen molar-refractivity contribution in [2.45, 2.75) is 26.7 Å². The molecule has 0 aliphatic rings. The lowest BCUT2D eigenvalue weighted by molar-refractivity contribution is 0.0975. The number of carbonyl (C=O) groups excluding carboxylic acids is 1. The molecule has 0 spiro atoms. The van der Waals surface area contributed by atoms with E-state index >= 15 is 0 Å². The van der Waals surface area contributed by atoms with E-state index in [0.29, 0.717) is 17.9 Å². The lowest BCUT2D eigenvalue weighted by atomic mass is 10.0. The summed E-state index contributed by atoms with van der Waals surface area (Å²) < 4.78 is 12.6. The van der Waals surface area contributed by atoms with Gasteiger partial charge in [0.05, 0.1) is 0 Å².